The topological polar surface area (TPSA) is 54.5 Å². The van der Waals surface area contributed by atoms with Gasteiger partial charge in [0.25, 0.3) is 0 Å². The van der Waals surface area contributed by atoms with E-state index in [1.165, 1.54) is 11.8 Å². The molecule has 1 aromatic heterocycles. The highest BCUT2D eigenvalue weighted by Gasteiger charge is 2.06. The molecule has 0 bridgehead atoms. The first-order valence-electron chi connectivity index (χ1n) is 3.24. The maximum atomic E-state index is 8.39. The number of nitrogens with zero attached hydrogens (tertiary/aromatic N) is 4. The molecule has 1 heterocycles. The van der Waals surface area contributed by atoms with Gasteiger partial charge in [0.05, 0.1) is 6.07 Å². The Morgan fingerprint density at radius 1 is 1.92 bits per heavy atom. The van der Waals surface area contributed by atoms with E-state index in [1.807, 2.05) is 13.1 Å². The lowest BCUT2D eigenvalue weighted by Crippen LogP contribution is -1.99. The Balaban J connectivity index is 2.44. The number of hydrogen-bond donors (Lipinski definition) is 0. The predicted molar refractivity (Wildman–Crippen MR) is 47.0 cm³/mol. The first-order valence-corrected chi connectivity index (χ1v) is 4.66. The second-order valence-corrected chi connectivity index (χ2v) is 3.65. The molecule has 1 rings (SSSR count). The molecular weight excluding hydrogens is 196 g/mol. The van der Waals surface area contributed by atoms with Gasteiger partial charge in [-0.2, -0.15) is 5.26 Å². The van der Waals surface area contributed by atoms with Crippen LogP contribution in [0.25, 0.3) is 0 Å². The number of aromatic nitrogens is 3. The molecule has 0 amide bonds. The van der Waals surface area contributed by atoms with E-state index < -0.39 is 5.38 Å². The Morgan fingerprint density at radius 3 is 3.17 bits per heavy atom. The van der Waals surface area contributed by atoms with Crippen molar-refractivity contribution < 1.29 is 0 Å². The first kappa shape index (κ1) is 9.36. The SMILES string of the molecule is Cn1cnnc1SCC(Cl)C#N. The average molecular weight is 203 g/mol. The van der Waals surface area contributed by atoms with Crippen LogP contribution in [0.15, 0.2) is 11.5 Å². The zero-order chi connectivity index (χ0) is 8.97. The number of alkyl halides is 1. The molecule has 0 spiro atoms. The summed E-state index contributed by atoms with van der Waals surface area (Å²) < 4.78 is 1.78. The Hall–Kier alpha value is -0.730. The van der Waals surface area contributed by atoms with Gasteiger partial charge in [-0.05, 0) is 0 Å². The molecule has 0 saturated heterocycles. The summed E-state index contributed by atoms with van der Waals surface area (Å²) in [4.78, 5) is 0. The smallest absolute Gasteiger partial charge is 0.190 e. The Labute approximate surface area is 79.5 Å². The largest absolute Gasteiger partial charge is 0.312 e. The van der Waals surface area contributed by atoms with Crippen LogP contribution in [-0.4, -0.2) is 25.9 Å². The molecule has 0 aliphatic rings. The van der Waals surface area contributed by atoms with Crippen molar-refractivity contribution in [2.45, 2.75) is 10.5 Å². The van der Waals surface area contributed by atoms with Crippen molar-refractivity contribution in [1.82, 2.24) is 14.8 Å². The van der Waals surface area contributed by atoms with E-state index in [0.717, 1.165) is 5.16 Å². The van der Waals surface area contributed by atoms with Gasteiger partial charge < -0.3 is 4.57 Å². The Morgan fingerprint density at radius 2 is 2.67 bits per heavy atom. The van der Waals surface area contributed by atoms with Crippen LogP contribution in [0.3, 0.4) is 0 Å². The van der Waals surface area contributed by atoms with Crippen LogP contribution in [0.4, 0.5) is 0 Å². The Bertz CT molecular complexity index is 292. The second kappa shape index (κ2) is 4.33. The van der Waals surface area contributed by atoms with Crippen molar-refractivity contribution >= 4 is 23.4 Å². The van der Waals surface area contributed by atoms with Crippen molar-refractivity contribution in [3.63, 3.8) is 0 Å². The van der Waals surface area contributed by atoms with Gasteiger partial charge in [0, 0.05) is 12.8 Å². The molecule has 0 aliphatic carbocycles. The summed E-state index contributed by atoms with van der Waals surface area (Å²) in [6.07, 6.45) is 1.61. The zero-order valence-electron chi connectivity index (χ0n) is 6.44. The van der Waals surface area contributed by atoms with Crippen molar-refractivity contribution in [2.75, 3.05) is 5.75 Å². The summed E-state index contributed by atoms with van der Waals surface area (Å²) in [6.45, 7) is 0. The summed E-state index contributed by atoms with van der Waals surface area (Å²) in [5.41, 5.74) is 0. The molecule has 1 aromatic rings. The first-order chi connectivity index (χ1) is 5.74. The summed E-state index contributed by atoms with van der Waals surface area (Å²) in [5.74, 6) is 0.532. The van der Waals surface area contributed by atoms with E-state index in [9.17, 15) is 0 Å². The summed E-state index contributed by atoms with van der Waals surface area (Å²) >= 11 is 7.02. The van der Waals surface area contributed by atoms with Crippen LogP contribution < -0.4 is 0 Å². The minimum atomic E-state index is -0.466. The van der Waals surface area contributed by atoms with Gasteiger partial charge in [-0.25, -0.2) is 0 Å². The van der Waals surface area contributed by atoms with Crippen molar-refractivity contribution in [3.8, 4) is 6.07 Å². The van der Waals surface area contributed by atoms with Gasteiger partial charge in [-0.15, -0.1) is 21.8 Å². The van der Waals surface area contributed by atoms with Gasteiger partial charge in [0.2, 0.25) is 0 Å². The van der Waals surface area contributed by atoms with E-state index in [0.29, 0.717) is 5.75 Å². The lowest BCUT2D eigenvalue weighted by Gasteiger charge is -1.98. The maximum Gasteiger partial charge on any atom is 0.190 e. The summed E-state index contributed by atoms with van der Waals surface area (Å²) in [7, 11) is 1.85. The quantitative estimate of drug-likeness (QED) is 0.543. The molecule has 64 valence electrons. The van der Waals surface area contributed by atoms with Gasteiger partial charge in [0.1, 0.15) is 11.7 Å². The van der Waals surface area contributed by atoms with E-state index in [4.69, 9.17) is 16.9 Å². The van der Waals surface area contributed by atoms with Gasteiger partial charge in [0.15, 0.2) is 5.16 Å². The van der Waals surface area contributed by atoms with Gasteiger partial charge in [-0.3, -0.25) is 0 Å². The Kier molecular flexibility index (Phi) is 3.38. The lowest BCUT2D eigenvalue weighted by atomic mass is 10.5. The molecule has 0 saturated carbocycles. The van der Waals surface area contributed by atoms with Gasteiger partial charge >= 0.3 is 0 Å². The molecule has 1 unspecified atom stereocenters. The third-order valence-corrected chi connectivity index (χ3v) is 2.73. The van der Waals surface area contributed by atoms with Crippen LogP contribution in [0.1, 0.15) is 0 Å². The van der Waals surface area contributed by atoms with Gasteiger partial charge in [-0.1, -0.05) is 11.8 Å². The lowest BCUT2D eigenvalue weighted by molar-refractivity contribution is 0.788. The maximum absolute atomic E-state index is 8.39. The molecule has 4 nitrogen and oxygen atoms in total. The number of halogens is 1. The molecule has 12 heavy (non-hydrogen) atoms. The summed E-state index contributed by atoms with van der Waals surface area (Å²) in [5, 5.41) is 16.2. The van der Waals surface area contributed by atoms with Crippen LogP contribution in [0.5, 0.6) is 0 Å². The average Bonchev–Trinajstić information content (AvgIpc) is 2.47. The number of thioether (sulfide) groups is 1. The van der Waals surface area contributed by atoms with E-state index in [1.54, 1.807) is 10.9 Å². The van der Waals surface area contributed by atoms with E-state index in [-0.39, 0.29) is 0 Å². The molecule has 0 aromatic carbocycles. The molecule has 0 fully saturated rings. The van der Waals surface area contributed by atoms with Crippen molar-refractivity contribution in [2.24, 2.45) is 7.05 Å². The third kappa shape index (κ3) is 2.40. The fourth-order valence-electron chi connectivity index (χ4n) is 0.588. The highest BCUT2D eigenvalue weighted by molar-refractivity contribution is 7.99. The minimum Gasteiger partial charge on any atom is -0.312 e. The molecule has 6 heteroatoms. The fraction of sp³-hybridized carbons (Fsp3) is 0.500. The van der Waals surface area contributed by atoms with Crippen molar-refractivity contribution in [1.29, 1.82) is 5.26 Å². The van der Waals surface area contributed by atoms with E-state index >= 15 is 0 Å². The number of nitriles is 1. The van der Waals surface area contributed by atoms with Crippen molar-refractivity contribution in [3.05, 3.63) is 6.33 Å². The standard InChI is InChI=1S/C6H7ClN4S/c1-11-4-9-10-6(11)12-3-5(7)2-8/h4-5H,3H2,1H3. The second-order valence-electron chi connectivity index (χ2n) is 2.13. The minimum absolute atomic E-state index is 0.466. The van der Waals surface area contributed by atoms with E-state index in [2.05, 4.69) is 10.2 Å². The van der Waals surface area contributed by atoms with Crippen LogP contribution in [-0.2, 0) is 7.05 Å². The highest BCUT2D eigenvalue weighted by atomic mass is 35.5. The zero-order valence-corrected chi connectivity index (χ0v) is 8.01. The monoisotopic (exact) mass is 202 g/mol. The summed E-state index contributed by atoms with van der Waals surface area (Å²) in [6, 6.07) is 1.93. The van der Waals surface area contributed by atoms with Crippen LogP contribution in [0, 0.1) is 11.3 Å². The third-order valence-electron chi connectivity index (χ3n) is 1.17. The number of aryl methyl sites for hydroxylation is 1. The van der Waals surface area contributed by atoms with Crippen LogP contribution >= 0.6 is 23.4 Å². The number of rotatable bonds is 3. The fourth-order valence-corrected chi connectivity index (χ4v) is 1.50. The molecular formula is C6H7ClN4S. The normalized spacial score (nSPS) is 12.4. The molecule has 0 N–H and O–H groups in total. The highest BCUT2D eigenvalue weighted by Crippen LogP contribution is 2.16. The predicted octanol–water partition coefficient (Wildman–Crippen LogP) is 1.04. The molecule has 0 radical (unpaired) electrons. The number of hydrogen-bond acceptors (Lipinski definition) is 4. The molecule has 1 atom stereocenters. The molecule has 0 aliphatic heterocycles. The van der Waals surface area contributed by atoms with Crippen LogP contribution in [0.2, 0.25) is 0 Å².